The number of hydrogen-bond donors (Lipinski definition) is 2. The van der Waals surface area contributed by atoms with Gasteiger partial charge in [-0.15, -0.1) is 0 Å². The Bertz CT molecular complexity index is 1310. The van der Waals surface area contributed by atoms with E-state index in [1.807, 2.05) is 45.4 Å². The molecule has 0 fully saturated rings. The Morgan fingerprint density at radius 2 is 1.80 bits per heavy atom. The van der Waals surface area contributed by atoms with Crippen LogP contribution in [0.15, 0.2) is 61.3 Å². The van der Waals surface area contributed by atoms with Gasteiger partial charge in [0.15, 0.2) is 0 Å². The van der Waals surface area contributed by atoms with Crippen LogP contribution in [0.25, 0.3) is 0 Å². The van der Waals surface area contributed by atoms with Crippen molar-refractivity contribution in [3.8, 4) is 5.75 Å². The number of benzene rings is 2. The van der Waals surface area contributed by atoms with Gasteiger partial charge in [-0.3, -0.25) is 9.59 Å². The molecule has 0 bridgehead atoms. The van der Waals surface area contributed by atoms with E-state index < -0.39 is 0 Å². The number of aromatic nitrogens is 2. The molecule has 1 amide bonds. The van der Waals surface area contributed by atoms with Crippen LogP contribution < -0.4 is 20.3 Å². The van der Waals surface area contributed by atoms with Crippen molar-refractivity contribution in [1.82, 2.24) is 14.9 Å². The quantitative estimate of drug-likeness (QED) is 0.168. The molecular formula is C30H38N6O4. The van der Waals surface area contributed by atoms with Crippen molar-refractivity contribution in [2.75, 3.05) is 77.1 Å². The summed E-state index contributed by atoms with van der Waals surface area (Å²) >= 11 is 0. The molecule has 3 aromatic rings. The summed E-state index contributed by atoms with van der Waals surface area (Å²) in [5, 5.41) is 6.13. The van der Waals surface area contributed by atoms with Crippen molar-refractivity contribution >= 4 is 28.8 Å². The maximum Gasteiger partial charge on any atom is 0.247 e. The van der Waals surface area contributed by atoms with Gasteiger partial charge in [0.1, 0.15) is 17.3 Å². The summed E-state index contributed by atoms with van der Waals surface area (Å²) in [6.45, 7) is 6.41. The number of anilines is 3. The Morgan fingerprint density at radius 1 is 1.05 bits per heavy atom. The minimum absolute atomic E-state index is 0.198. The molecule has 0 saturated heterocycles. The lowest BCUT2D eigenvalue weighted by Gasteiger charge is -2.25. The van der Waals surface area contributed by atoms with Gasteiger partial charge in [0.25, 0.3) is 0 Å². The zero-order valence-electron chi connectivity index (χ0n) is 23.9. The van der Waals surface area contributed by atoms with E-state index in [1.165, 1.54) is 6.08 Å². The standard InChI is InChI=1S/C30H38N6O4/c1-7-29(37)34-25-18-22(27(40-6)20-26(25)36(4)16-15-35(2)3)19-28-32-13-12-24(33-28)30(38)21-8-10-23(11-9-21)31-14-17-39-5/h7-13,18,20,31H,1,14-17,19H2,2-6H3,(H,34,37). The Labute approximate surface area is 236 Å². The number of rotatable bonds is 15. The molecule has 0 spiro atoms. The first-order valence-electron chi connectivity index (χ1n) is 12.9. The van der Waals surface area contributed by atoms with Crippen LogP contribution in [-0.2, 0) is 16.0 Å². The van der Waals surface area contributed by atoms with E-state index in [2.05, 4.69) is 37.0 Å². The first-order valence-corrected chi connectivity index (χ1v) is 12.9. The van der Waals surface area contributed by atoms with Crippen molar-refractivity contribution in [2.45, 2.75) is 6.42 Å². The molecular weight excluding hydrogens is 508 g/mol. The van der Waals surface area contributed by atoms with Gasteiger partial charge in [-0.05, 0) is 56.6 Å². The third kappa shape index (κ3) is 8.36. The average molecular weight is 547 g/mol. The van der Waals surface area contributed by atoms with Gasteiger partial charge in [-0.25, -0.2) is 9.97 Å². The molecule has 10 nitrogen and oxygen atoms in total. The average Bonchev–Trinajstić information content (AvgIpc) is 2.96. The highest BCUT2D eigenvalue weighted by atomic mass is 16.5. The molecule has 1 heterocycles. The molecule has 2 N–H and O–H groups in total. The minimum atomic E-state index is -0.317. The highest BCUT2D eigenvalue weighted by Crippen LogP contribution is 2.34. The smallest absolute Gasteiger partial charge is 0.247 e. The predicted molar refractivity (Wildman–Crippen MR) is 159 cm³/mol. The van der Waals surface area contributed by atoms with Gasteiger partial charge in [0.05, 0.1) is 25.1 Å². The van der Waals surface area contributed by atoms with E-state index in [0.717, 1.165) is 30.0 Å². The van der Waals surface area contributed by atoms with Crippen molar-refractivity contribution in [3.05, 3.63) is 84.0 Å². The van der Waals surface area contributed by atoms with E-state index in [9.17, 15) is 9.59 Å². The molecule has 0 aliphatic heterocycles. The monoisotopic (exact) mass is 546 g/mol. The fraction of sp³-hybridized carbons (Fsp3) is 0.333. The molecule has 2 aromatic carbocycles. The molecule has 3 rings (SSSR count). The second-order valence-electron chi connectivity index (χ2n) is 9.46. The number of ether oxygens (including phenoxy) is 2. The van der Waals surface area contributed by atoms with Gasteiger partial charge in [0, 0.05) is 69.3 Å². The number of nitrogens with one attached hydrogen (secondary N) is 2. The highest BCUT2D eigenvalue weighted by molar-refractivity contribution is 6.07. The van der Waals surface area contributed by atoms with Crippen molar-refractivity contribution in [1.29, 1.82) is 0 Å². The summed E-state index contributed by atoms with van der Waals surface area (Å²) < 4.78 is 10.8. The van der Waals surface area contributed by atoms with Crippen LogP contribution in [0.3, 0.4) is 0 Å². The predicted octanol–water partition coefficient (Wildman–Crippen LogP) is 3.49. The molecule has 40 heavy (non-hydrogen) atoms. The fourth-order valence-electron chi connectivity index (χ4n) is 3.98. The maximum absolute atomic E-state index is 13.2. The van der Waals surface area contributed by atoms with Gasteiger partial charge in [0.2, 0.25) is 11.7 Å². The minimum Gasteiger partial charge on any atom is -0.496 e. The maximum atomic E-state index is 13.2. The lowest BCUT2D eigenvalue weighted by Crippen LogP contribution is -2.29. The number of nitrogens with zero attached hydrogens (tertiary/aromatic N) is 4. The molecule has 10 heteroatoms. The summed E-state index contributed by atoms with van der Waals surface area (Å²) in [4.78, 5) is 38.5. The Morgan fingerprint density at radius 3 is 2.45 bits per heavy atom. The summed E-state index contributed by atoms with van der Waals surface area (Å²) in [6.07, 6.45) is 3.10. The van der Waals surface area contributed by atoms with E-state index in [0.29, 0.717) is 48.1 Å². The Hall–Kier alpha value is -4.28. The van der Waals surface area contributed by atoms with Crippen LogP contribution in [0.1, 0.15) is 27.4 Å². The number of ketones is 1. The van der Waals surface area contributed by atoms with E-state index in [-0.39, 0.29) is 11.7 Å². The zero-order valence-corrected chi connectivity index (χ0v) is 23.9. The summed E-state index contributed by atoms with van der Waals surface area (Å²) in [5.41, 5.74) is 3.92. The topological polar surface area (TPSA) is 109 Å². The second kappa shape index (κ2) is 14.8. The molecule has 0 atom stereocenters. The molecule has 0 aliphatic rings. The molecule has 0 aliphatic carbocycles. The first-order chi connectivity index (χ1) is 19.2. The van der Waals surface area contributed by atoms with Gasteiger partial charge >= 0.3 is 0 Å². The molecule has 0 unspecified atom stereocenters. The molecule has 212 valence electrons. The fourth-order valence-corrected chi connectivity index (χ4v) is 3.98. The second-order valence-corrected chi connectivity index (χ2v) is 9.46. The first kappa shape index (κ1) is 30.3. The van der Waals surface area contributed by atoms with Crippen LogP contribution >= 0.6 is 0 Å². The molecule has 1 aromatic heterocycles. The Kier molecular flexibility index (Phi) is 11.2. The van der Waals surface area contributed by atoms with Crippen molar-refractivity contribution in [3.63, 3.8) is 0 Å². The number of carbonyl (C=O) groups is 2. The highest BCUT2D eigenvalue weighted by Gasteiger charge is 2.18. The number of hydrogen-bond acceptors (Lipinski definition) is 9. The van der Waals surface area contributed by atoms with Gasteiger partial charge < -0.3 is 29.9 Å². The number of carbonyl (C=O) groups excluding carboxylic acids is 2. The van der Waals surface area contributed by atoms with Crippen LogP contribution in [0.2, 0.25) is 0 Å². The zero-order chi connectivity index (χ0) is 29.1. The number of likely N-dealkylation sites (N-methyl/N-ethyl adjacent to an activating group) is 2. The van der Waals surface area contributed by atoms with E-state index in [1.54, 1.807) is 38.6 Å². The summed E-state index contributed by atoms with van der Waals surface area (Å²) in [5.74, 6) is 0.565. The Balaban J connectivity index is 1.86. The van der Waals surface area contributed by atoms with Gasteiger partial charge in [-0.2, -0.15) is 0 Å². The lowest BCUT2D eigenvalue weighted by atomic mass is 10.1. The number of amides is 1. The normalized spacial score (nSPS) is 10.8. The van der Waals surface area contributed by atoms with Crippen LogP contribution in [0, 0.1) is 0 Å². The van der Waals surface area contributed by atoms with Crippen molar-refractivity contribution < 1.29 is 19.1 Å². The largest absolute Gasteiger partial charge is 0.496 e. The molecule has 0 saturated carbocycles. The van der Waals surface area contributed by atoms with Gasteiger partial charge in [-0.1, -0.05) is 6.58 Å². The molecule has 0 radical (unpaired) electrons. The number of methoxy groups -OCH3 is 2. The lowest BCUT2D eigenvalue weighted by molar-refractivity contribution is -0.111. The van der Waals surface area contributed by atoms with Crippen LogP contribution in [0.4, 0.5) is 17.1 Å². The van der Waals surface area contributed by atoms with E-state index in [4.69, 9.17) is 9.47 Å². The third-order valence-corrected chi connectivity index (χ3v) is 6.20. The third-order valence-electron chi connectivity index (χ3n) is 6.20. The summed E-state index contributed by atoms with van der Waals surface area (Å²) in [6, 6.07) is 12.6. The SMILES string of the molecule is C=CC(=O)Nc1cc(Cc2nccc(C(=O)c3ccc(NCCOC)cc3)n2)c(OC)cc1N(C)CCN(C)C. The summed E-state index contributed by atoms with van der Waals surface area (Å²) in [7, 11) is 9.22. The van der Waals surface area contributed by atoms with Crippen LogP contribution in [0.5, 0.6) is 5.75 Å². The van der Waals surface area contributed by atoms with Crippen LogP contribution in [-0.4, -0.2) is 88.2 Å². The van der Waals surface area contributed by atoms with Crippen molar-refractivity contribution in [2.24, 2.45) is 0 Å². The van der Waals surface area contributed by atoms with E-state index >= 15 is 0 Å².